The van der Waals surface area contributed by atoms with Crippen LogP contribution in [0.1, 0.15) is 10.4 Å². The van der Waals surface area contributed by atoms with E-state index in [1.54, 1.807) is 18.2 Å². The second-order valence-electron chi connectivity index (χ2n) is 4.59. The molecule has 0 saturated heterocycles. The van der Waals surface area contributed by atoms with Crippen LogP contribution in [0.4, 0.5) is 10.1 Å². The highest BCUT2D eigenvalue weighted by molar-refractivity contribution is 6.32. The number of anilines is 1. The zero-order chi connectivity index (χ0) is 16.8. The Hall–Kier alpha value is -2.60. The Bertz CT molecular complexity index is 720. The lowest BCUT2D eigenvalue weighted by Crippen LogP contribution is -2.32. The molecule has 0 aromatic heterocycles. The molecule has 2 aromatic rings. The Morgan fingerprint density at radius 2 is 1.87 bits per heavy atom. The summed E-state index contributed by atoms with van der Waals surface area (Å²) in [7, 11) is 1.49. The van der Waals surface area contributed by atoms with Crippen molar-refractivity contribution in [1.29, 1.82) is 0 Å². The number of ether oxygens (including phenoxy) is 1. The summed E-state index contributed by atoms with van der Waals surface area (Å²) in [6, 6.07) is 9.82. The first kappa shape index (κ1) is 16.8. The van der Waals surface area contributed by atoms with Gasteiger partial charge in [-0.3, -0.25) is 9.59 Å². The molecule has 0 aliphatic heterocycles. The van der Waals surface area contributed by atoms with Crippen LogP contribution in [0.5, 0.6) is 5.75 Å². The summed E-state index contributed by atoms with van der Waals surface area (Å²) in [6.07, 6.45) is 0. The summed E-state index contributed by atoms with van der Waals surface area (Å²) in [5, 5.41) is 5.40. The van der Waals surface area contributed by atoms with Crippen molar-refractivity contribution < 1.29 is 18.7 Å². The number of methoxy groups -OCH3 is 1. The van der Waals surface area contributed by atoms with Gasteiger partial charge in [-0.2, -0.15) is 0 Å². The van der Waals surface area contributed by atoms with E-state index in [-0.39, 0.29) is 12.1 Å². The highest BCUT2D eigenvalue weighted by Crippen LogP contribution is 2.27. The smallest absolute Gasteiger partial charge is 0.251 e. The average molecular weight is 337 g/mol. The molecule has 0 radical (unpaired) electrons. The molecule has 120 valence electrons. The summed E-state index contributed by atoms with van der Waals surface area (Å²) in [6.45, 7) is -0.222. The van der Waals surface area contributed by atoms with Gasteiger partial charge in [0.15, 0.2) is 0 Å². The molecule has 0 spiro atoms. The van der Waals surface area contributed by atoms with Gasteiger partial charge in [-0.1, -0.05) is 11.6 Å². The summed E-state index contributed by atoms with van der Waals surface area (Å²) < 4.78 is 17.8. The van der Waals surface area contributed by atoms with Crippen LogP contribution in [0.25, 0.3) is 0 Å². The molecule has 2 rings (SSSR count). The van der Waals surface area contributed by atoms with Crippen molar-refractivity contribution in [1.82, 2.24) is 5.32 Å². The minimum absolute atomic E-state index is 0.222. The second-order valence-corrected chi connectivity index (χ2v) is 4.99. The number of hydrogen-bond acceptors (Lipinski definition) is 3. The monoisotopic (exact) mass is 336 g/mol. The highest BCUT2D eigenvalue weighted by Gasteiger charge is 2.09. The zero-order valence-corrected chi connectivity index (χ0v) is 13.0. The van der Waals surface area contributed by atoms with Crippen molar-refractivity contribution >= 4 is 29.1 Å². The zero-order valence-electron chi connectivity index (χ0n) is 12.2. The molecule has 0 heterocycles. The first-order valence-electron chi connectivity index (χ1n) is 6.67. The van der Waals surface area contributed by atoms with Crippen LogP contribution >= 0.6 is 11.6 Å². The first-order valence-corrected chi connectivity index (χ1v) is 7.04. The quantitative estimate of drug-likeness (QED) is 0.882. The van der Waals surface area contributed by atoms with Gasteiger partial charge in [0.25, 0.3) is 5.91 Å². The summed E-state index contributed by atoms with van der Waals surface area (Å²) >= 11 is 5.96. The Kier molecular flexibility index (Phi) is 5.54. The predicted octanol–water partition coefficient (Wildman–Crippen LogP) is 2.86. The van der Waals surface area contributed by atoms with Gasteiger partial charge >= 0.3 is 0 Å². The van der Waals surface area contributed by atoms with Crippen LogP contribution in [0.2, 0.25) is 5.02 Å². The Labute approximate surface area is 137 Å². The number of rotatable bonds is 5. The largest absolute Gasteiger partial charge is 0.495 e. The maximum atomic E-state index is 12.8. The second kappa shape index (κ2) is 7.60. The Balaban J connectivity index is 1.88. The molecule has 5 nitrogen and oxygen atoms in total. The van der Waals surface area contributed by atoms with Crippen molar-refractivity contribution in [3.8, 4) is 5.75 Å². The third-order valence-electron chi connectivity index (χ3n) is 2.95. The molecule has 2 aromatic carbocycles. The Morgan fingerprint density at radius 3 is 2.48 bits per heavy atom. The van der Waals surface area contributed by atoms with Gasteiger partial charge in [0.05, 0.1) is 18.7 Å². The molecule has 7 heteroatoms. The van der Waals surface area contributed by atoms with E-state index in [1.165, 1.54) is 31.4 Å². The third kappa shape index (κ3) is 4.69. The average Bonchev–Trinajstić information content (AvgIpc) is 2.53. The van der Waals surface area contributed by atoms with Crippen molar-refractivity contribution in [2.24, 2.45) is 0 Å². The van der Waals surface area contributed by atoms with Crippen molar-refractivity contribution in [2.75, 3.05) is 19.0 Å². The number of carbonyl (C=O) groups is 2. The van der Waals surface area contributed by atoms with Gasteiger partial charge in [-0.05, 0) is 42.5 Å². The van der Waals surface area contributed by atoms with Gasteiger partial charge in [0.2, 0.25) is 5.91 Å². The van der Waals surface area contributed by atoms with Crippen LogP contribution in [0.3, 0.4) is 0 Å². The van der Waals surface area contributed by atoms with Gasteiger partial charge in [-0.25, -0.2) is 4.39 Å². The standard InChI is InChI=1S/C16H14ClFN2O3/c1-23-14-7-6-12(8-13(14)17)20-15(21)9-19-16(22)10-2-4-11(18)5-3-10/h2-8H,9H2,1H3,(H,19,22)(H,20,21). The van der Waals surface area contributed by atoms with E-state index < -0.39 is 17.6 Å². The molecule has 0 aliphatic carbocycles. The maximum Gasteiger partial charge on any atom is 0.251 e. The fourth-order valence-electron chi connectivity index (χ4n) is 1.81. The summed E-state index contributed by atoms with van der Waals surface area (Å²) in [5.41, 5.74) is 0.753. The molecule has 0 bridgehead atoms. The van der Waals surface area contributed by atoms with Crippen LogP contribution in [0, 0.1) is 5.82 Å². The van der Waals surface area contributed by atoms with Gasteiger partial charge in [0.1, 0.15) is 11.6 Å². The number of benzene rings is 2. The van der Waals surface area contributed by atoms with E-state index in [2.05, 4.69) is 10.6 Å². The normalized spacial score (nSPS) is 10.0. The SMILES string of the molecule is COc1ccc(NC(=O)CNC(=O)c2ccc(F)cc2)cc1Cl. The molecule has 2 N–H and O–H groups in total. The molecule has 0 fully saturated rings. The van der Waals surface area contributed by atoms with Crippen LogP contribution in [-0.4, -0.2) is 25.5 Å². The minimum atomic E-state index is -0.465. The molecule has 0 atom stereocenters. The third-order valence-corrected chi connectivity index (χ3v) is 3.25. The molecule has 23 heavy (non-hydrogen) atoms. The number of carbonyl (C=O) groups excluding carboxylic acids is 2. The van der Waals surface area contributed by atoms with Crippen molar-refractivity contribution in [2.45, 2.75) is 0 Å². The number of halogens is 2. The van der Waals surface area contributed by atoms with Gasteiger partial charge in [0, 0.05) is 11.3 Å². The van der Waals surface area contributed by atoms with Crippen molar-refractivity contribution in [3.63, 3.8) is 0 Å². The van der Waals surface area contributed by atoms with E-state index in [0.29, 0.717) is 16.5 Å². The molecule has 0 saturated carbocycles. The molecule has 0 unspecified atom stereocenters. The lowest BCUT2D eigenvalue weighted by molar-refractivity contribution is -0.115. The Morgan fingerprint density at radius 1 is 1.17 bits per heavy atom. The fourth-order valence-corrected chi connectivity index (χ4v) is 2.07. The van der Waals surface area contributed by atoms with Gasteiger partial charge < -0.3 is 15.4 Å². The number of hydrogen-bond donors (Lipinski definition) is 2. The minimum Gasteiger partial charge on any atom is -0.495 e. The van der Waals surface area contributed by atoms with Gasteiger partial charge in [-0.15, -0.1) is 0 Å². The molecular weight excluding hydrogens is 323 g/mol. The van der Waals surface area contributed by atoms with E-state index in [0.717, 1.165) is 0 Å². The molecular formula is C16H14ClFN2O3. The fraction of sp³-hybridized carbons (Fsp3) is 0.125. The van der Waals surface area contributed by atoms with Crippen LogP contribution < -0.4 is 15.4 Å². The highest BCUT2D eigenvalue weighted by atomic mass is 35.5. The summed E-state index contributed by atoms with van der Waals surface area (Å²) in [4.78, 5) is 23.6. The van der Waals surface area contributed by atoms with E-state index >= 15 is 0 Å². The van der Waals surface area contributed by atoms with E-state index in [4.69, 9.17) is 16.3 Å². The predicted molar refractivity (Wildman–Crippen MR) is 85.4 cm³/mol. The van der Waals surface area contributed by atoms with Crippen LogP contribution in [-0.2, 0) is 4.79 Å². The summed E-state index contributed by atoms with van der Waals surface area (Å²) in [5.74, 6) is -0.820. The first-order chi connectivity index (χ1) is 11.0. The van der Waals surface area contributed by atoms with Crippen LogP contribution in [0.15, 0.2) is 42.5 Å². The maximum absolute atomic E-state index is 12.8. The topological polar surface area (TPSA) is 67.4 Å². The van der Waals surface area contributed by atoms with E-state index in [1.807, 2.05) is 0 Å². The van der Waals surface area contributed by atoms with Crippen molar-refractivity contribution in [3.05, 3.63) is 58.9 Å². The molecule has 2 amide bonds. The lowest BCUT2D eigenvalue weighted by Gasteiger charge is -2.09. The molecule has 0 aliphatic rings. The van der Waals surface area contributed by atoms with E-state index in [9.17, 15) is 14.0 Å². The number of amides is 2. The lowest BCUT2D eigenvalue weighted by atomic mass is 10.2. The number of nitrogens with one attached hydrogen (secondary N) is 2.